The normalized spacial score (nSPS) is 10.5. The van der Waals surface area contributed by atoms with Crippen molar-refractivity contribution in [3.8, 4) is 0 Å². The Kier molecular flexibility index (Phi) is 1.89. The molecule has 52 valence electrons. The Hall–Kier alpha value is -1.52. The van der Waals surface area contributed by atoms with E-state index in [1.165, 1.54) is 11.0 Å². The summed E-state index contributed by atoms with van der Waals surface area (Å²) in [4.78, 5) is 7.63. The number of aliphatic imine (C=N–C) groups is 1. The van der Waals surface area contributed by atoms with E-state index in [9.17, 15) is 0 Å². The Bertz CT molecular complexity index is 248. The van der Waals surface area contributed by atoms with Crippen molar-refractivity contribution in [3.05, 3.63) is 6.33 Å². The quantitative estimate of drug-likeness (QED) is 0.475. The molecule has 1 rings (SSSR count). The molecule has 0 aliphatic rings. The van der Waals surface area contributed by atoms with E-state index in [-0.39, 0.29) is 0 Å². The van der Waals surface area contributed by atoms with E-state index in [0.29, 0.717) is 5.95 Å². The molecular weight excluding hydrogens is 130 g/mol. The van der Waals surface area contributed by atoms with Crippen molar-refractivity contribution in [1.82, 2.24) is 14.8 Å². The van der Waals surface area contributed by atoms with Gasteiger partial charge in [-0.15, -0.1) is 0 Å². The molecule has 10 heavy (non-hydrogen) atoms. The topological polar surface area (TPSA) is 66.9 Å². The third-order valence-corrected chi connectivity index (χ3v) is 0.921. The van der Waals surface area contributed by atoms with Gasteiger partial charge in [0.2, 0.25) is 0 Å². The monoisotopic (exact) mass is 137 g/mol. The lowest BCUT2D eigenvalue weighted by Crippen LogP contribution is -1.94. The first-order chi connectivity index (χ1) is 4.88. The maximum Gasteiger partial charge on any atom is 0.253 e. The van der Waals surface area contributed by atoms with Gasteiger partial charge in [0.1, 0.15) is 12.7 Å². The van der Waals surface area contributed by atoms with Crippen LogP contribution < -0.4 is 0 Å². The van der Waals surface area contributed by atoms with E-state index < -0.39 is 0 Å². The maximum absolute atomic E-state index is 6.84. The molecule has 0 unspecified atom stereocenters. The maximum atomic E-state index is 6.84. The summed E-state index contributed by atoms with van der Waals surface area (Å²) < 4.78 is 1.28. The van der Waals surface area contributed by atoms with Crippen molar-refractivity contribution in [3.63, 3.8) is 0 Å². The van der Waals surface area contributed by atoms with Crippen molar-refractivity contribution >= 4 is 18.5 Å². The lowest BCUT2D eigenvalue weighted by molar-refractivity contribution is 0.947. The number of nitrogens with one attached hydrogen (secondary N) is 1. The van der Waals surface area contributed by atoms with Crippen LogP contribution in [0.25, 0.3) is 0 Å². The first-order valence-electron chi connectivity index (χ1n) is 2.77. The highest BCUT2D eigenvalue weighted by Crippen LogP contribution is 2.00. The van der Waals surface area contributed by atoms with Crippen LogP contribution in [0.2, 0.25) is 0 Å². The smallest absolute Gasteiger partial charge is 0.253 e. The number of aromatic nitrogens is 3. The SMILES string of the molecule is CC=Nc1ncnn1C=N. The van der Waals surface area contributed by atoms with Crippen molar-refractivity contribution in [2.45, 2.75) is 6.92 Å². The first-order valence-corrected chi connectivity index (χ1v) is 2.77. The fourth-order valence-electron chi connectivity index (χ4n) is 0.543. The summed E-state index contributed by atoms with van der Waals surface area (Å²) in [7, 11) is 0. The molecule has 0 aliphatic heterocycles. The predicted octanol–water partition coefficient (Wildman–Crippen LogP) is 0.455. The van der Waals surface area contributed by atoms with Gasteiger partial charge >= 0.3 is 0 Å². The van der Waals surface area contributed by atoms with Gasteiger partial charge in [0.15, 0.2) is 0 Å². The van der Waals surface area contributed by atoms with Crippen LogP contribution >= 0.6 is 0 Å². The predicted molar refractivity (Wildman–Crippen MR) is 38.0 cm³/mol. The summed E-state index contributed by atoms with van der Waals surface area (Å²) in [6.45, 7) is 1.78. The Labute approximate surface area is 57.9 Å². The molecule has 0 fully saturated rings. The molecule has 1 aromatic rings. The van der Waals surface area contributed by atoms with Crippen molar-refractivity contribution in [2.24, 2.45) is 4.99 Å². The second kappa shape index (κ2) is 2.86. The van der Waals surface area contributed by atoms with E-state index in [4.69, 9.17) is 5.41 Å². The van der Waals surface area contributed by atoms with Crippen LogP contribution in [0.5, 0.6) is 0 Å². The molecule has 1 N–H and O–H groups in total. The summed E-state index contributed by atoms with van der Waals surface area (Å²) in [5, 5.41) is 10.5. The number of hydrogen-bond acceptors (Lipinski definition) is 4. The highest BCUT2D eigenvalue weighted by Gasteiger charge is 1.94. The molecule has 0 spiro atoms. The second-order valence-electron chi connectivity index (χ2n) is 1.52. The molecule has 0 atom stereocenters. The molecule has 0 radical (unpaired) electrons. The van der Waals surface area contributed by atoms with Gasteiger partial charge < -0.3 is 0 Å². The summed E-state index contributed by atoms with van der Waals surface area (Å²) in [5.41, 5.74) is 0. The standard InChI is InChI=1S/C5H7N5/c1-2-7-5-8-4-9-10(5)3-6/h2-4,6H,1H3. The Morgan fingerprint density at radius 2 is 2.60 bits per heavy atom. The van der Waals surface area contributed by atoms with Gasteiger partial charge in [-0.2, -0.15) is 14.8 Å². The molecular formula is C5H7N5. The van der Waals surface area contributed by atoms with Crippen LogP contribution in [-0.4, -0.2) is 27.3 Å². The molecule has 1 aromatic heterocycles. The largest absolute Gasteiger partial charge is 0.289 e. The molecule has 1 heterocycles. The summed E-state index contributed by atoms with van der Waals surface area (Å²) in [6, 6.07) is 0. The molecule has 0 aromatic carbocycles. The second-order valence-corrected chi connectivity index (χ2v) is 1.52. The number of nitrogens with zero attached hydrogens (tertiary/aromatic N) is 4. The van der Waals surface area contributed by atoms with Gasteiger partial charge in [0.05, 0.1) is 0 Å². The van der Waals surface area contributed by atoms with Gasteiger partial charge in [-0.25, -0.2) is 4.99 Å². The van der Waals surface area contributed by atoms with Gasteiger partial charge in [-0.1, -0.05) is 0 Å². The Morgan fingerprint density at radius 3 is 3.20 bits per heavy atom. The minimum Gasteiger partial charge on any atom is -0.289 e. The van der Waals surface area contributed by atoms with Crippen LogP contribution in [0.15, 0.2) is 11.3 Å². The summed E-state index contributed by atoms with van der Waals surface area (Å²) >= 11 is 0. The van der Waals surface area contributed by atoms with Gasteiger partial charge in [0, 0.05) is 6.21 Å². The number of hydrogen-bond donors (Lipinski definition) is 1. The molecule has 0 saturated heterocycles. The summed E-state index contributed by atoms with van der Waals surface area (Å²) in [5.74, 6) is 0.428. The van der Waals surface area contributed by atoms with E-state index in [2.05, 4.69) is 15.1 Å². The highest BCUT2D eigenvalue weighted by atomic mass is 15.4. The van der Waals surface area contributed by atoms with Crippen molar-refractivity contribution in [2.75, 3.05) is 0 Å². The van der Waals surface area contributed by atoms with E-state index in [1.807, 2.05) is 0 Å². The summed E-state index contributed by atoms with van der Waals surface area (Å²) in [6.07, 6.45) is 4.01. The fraction of sp³-hybridized carbons (Fsp3) is 0.200. The molecule has 5 nitrogen and oxygen atoms in total. The van der Waals surface area contributed by atoms with Crippen LogP contribution in [-0.2, 0) is 0 Å². The lowest BCUT2D eigenvalue weighted by atomic mass is 10.8. The Morgan fingerprint density at radius 1 is 1.80 bits per heavy atom. The van der Waals surface area contributed by atoms with Crippen molar-refractivity contribution < 1.29 is 0 Å². The van der Waals surface area contributed by atoms with Crippen LogP contribution in [0.4, 0.5) is 5.95 Å². The van der Waals surface area contributed by atoms with Gasteiger partial charge in [-0.05, 0) is 6.92 Å². The zero-order valence-electron chi connectivity index (χ0n) is 5.52. The van der Waals surface area contributed by atoms with E-state index in [1.54, 1.807) is 13.1 Å². The zero-order chi connectivity index (χ0) is 7.40. The average molecular weight is 137 g/mol. The molecule has 0 amide bonds. The van der Waals surface area contributed by atoms with Crippen molar-refractivity contribution in [1.29, 1.82) is 5.41 Å². The Balaban J connectivity index is 3.00. The molecule has 0 saturated carbocycles. The number of rotatable bonds is 2. The van der Waals surface area contributed by atoms with E-state index in [0.717, 1.165) is 6.34 Å². The van der Waals surface area contributed by atoms with Gasteiger partial charge in [-0.3, -0.25) is 5.41 Å². The molecule has 0 bridgehead atoms. The first kappa shape index (κ1) is 6.60. The van der Waals surface area contributed by atoms with Gasteiger partial charge in [0.25, 0.3) is 5.95 Å². The average Bonchev–Trinajstić information content (AvgIpc) is 2.36. The third-order valence-electron chi connectivity index (χ3n) is 0.921. The zero-order valence-corrected chi connectivity index (χ0v) is 5.52. The minimum absolute atomic E-state index is 0.428. The van der Waals surface area contributed by atoms with Crippen LogP contribution in [0.3, 0.4) is 0 Å². The lowest BCUT2D eigenvalue weighted by Gasteiger charge is -1.87. The molecule has 5 heteroatoms. The minimum atomic E-state index is 0.428. The van der Waals surface area contributed by atoms with Crippen LogP contribution in [0, 0.1) is 5.41 Å². The van der Waals surface area contributed by atoms with E-state index >= 15 is 0 Å². The third kappa shape index (κ3) is 1.07. The molecule has 0 aliphatic carbocycles. The highest BCUT2D eigenvalue weighted by molar-refractivity contribution is 5.62. The fourth-order valence-corrected chi connectivity index (χ4v) is 0.543. The van der Waals surface area contributed by atoms with Crippen LogP contribution in [0.1, 0.15) is 6.92 Å².